The zero-order valence-corrected chi connectivity index (χ0v) is 11.2. The molecule has 0 bridgehead atoms. The molecule has 0 saturated carbocycles. The lowest BCUT2D eigenvalue weighted by atomic mass is 10.1. The van der Waals surface area contributed by atoms with Gasteiger partial charge in [-0.3, -0.25) is 0 Å². The smallest absolute Gasteiger partial charge is 0.137 e. The lowest BCUT2D eigenvalue weighted by Crippen LogP contribution is -1.99. The van der Waals surface area contributed by atoms with Gasteiger partial charge in [0.25, 0.3) is 0 Å². The van der Waals surface area contributed by atoms with Crippen molar-refractivity contribution in [3.63, 3.8) is 0 Å². The number of methoxy groups -OCH3 is 1. The maximum atomic E-state index is 10.3. The van der Waals surface area contributed by atoms with Crippen molar-refractivity contribution in [2.24, 2.45) is 0 Å². The molecule has 0 amide bonds. The molecule has 17 heavy (non-hydrogen) atoms. The second-order valence-electron chi connectivity index (χ2n) is 3.76. The van der Waals surface area contributed by atoms with Crippen molar-refractivity contribution in [3.8, 4) is 5.75 Å². The van der Waals surface area contributed by atoms with Crippen LogP contribution in [0.1, 0.15) is 22.1 Å². The van der Waals surface area contributed by atoms with Gasteiger partial charge in [0, 0.05) is 4.88 Å². The number of hydrogen-bond acceptors (Lipinski definition) is 3. The topological polar surface area (TPSA) is 29.5 Å². The number of benzene rings is 1. The van der Waals surface area contributed by atoms with E-state index in [-0.39, 0.29) is 0 Å². The third kappa shape index (κ3) is 2.46. The Balaban J connectivity index is 2.38. The van der Waals surface area contributed by atoms with Gasteiger partial charge in [0.05, 0.1) is 12.1 Å². The molecule has 1 heterocycles. The summed E-state index contributed by atoms with van der Waals surface area (Å²) in [6, 6.07) is 7.32. The highest BCUT2D eigenvalue weighted by molar-refractivity contribution is 7.10. The number of aryl methyl sites for hydroxylation is 1. The second-order valence-corrected chi connectivity index (χ2v) is 5.12. The van der Waals surface area contributed by atoms with Crippen LogP contribution in [-0.2, 0) is 0 Å². The van der Waals surface area contributed by atoms with Crippen molar-refractivity contribution in [1.29, 1.82) is 0 Å². The molecule has 0 aliphatic carbocycles. The van der Waals surface area contributed by atoms with Crippen molar-refractivity contribution in [2.45, 2.75) is 13.0 Å². The van der Waals surface area contributed by atoms with Crippen molar-refractivity contribution in [2.75, 3.05) is 7.11 Å². The van der Waals surface area contributed by atoms with E-state index in [1.165, 1.54) is 0 Å². The van der Waals surface area contributed by atoms with Crippen molar-refractivity contribution in [3.05, 3.63) is 50.7 Å². The largest absolute Gasteiger partial charge is 0.495 e. The summed E-state index contributed by atoms with van der Waals surface area (Å²) in [5, 5.41) is 12.8. The van der Waals surface area contributed by atoms with Gasteiger partial charge in [-0.25, -0.2) is 0 Å². The Hall–Kier alpha value is -1.03. The van der Waals surface area contributed by atoms with E-state index >= 15 is 0 Å². The fourth-order valence-corrected chi connectivity index (χ4v) is 2.79. The molecule has 0 aliphatic heterocycles. The van der Waals surface area contributed by atoms with Gasteiger partial charge in [-0.15, -0.1) is 11.3 Å². The van der Waals surface area contributed by atoms with Crippen LogP contribution < -0.4 is 4.74 Å². The first kappa shape index (κ1) is 12.4. The molecule has 4 heteroatoms. The molecule has 90 valence electrons. The maximum absolute atomic E-state index is 10.3. The minimum atomic E-state index is -0.624. The minimum absolute atomic E-state index is 0.548. The summed E-state index contributed by atoms with van der Waals surface area (Å²) >= 11 is 7.50. The second kappa shape index (κ2) is 5.08. The molecule has 1 unspecified atom stereocenters. The molecule has 1 aromatic carbocycles. The predicted molar refractivity (Wildman–Crippen MR) is 71.1 cm³/mol. The number of ether oxygens (including phenoxy) is 1. The van der Waals surface area contributed by atoms with Crippen LogP contribution in [0.25, 0.3) is 0 Å². The van der Waals surface area contributed by atoms with Crippen molar-refractivity contribution >= 4 is 22.9 Å². The Bertz CT molecular complexity index is 522. The highest BCUT2D eigenvalue weighted by Crippen LogP contribution is 2.33. The zero-order valence-electron chi connectivity index (χ0n) is 9.61. The monoisotopic (exact) mass is 268 g/mol. The lowest BCUT2D eigenvalue weighted by molar-refractivity contribution is 0.223. The van der Waals surface area contributed by atoms with E-state index in [4.69, 9.17) is 16.3 Å². The van der Waals surface area contributed by atoms with Crippen LogP contribution in [-0.4, -0.2) is 12.2 Å². The van der Waals surface area contributed by atoms with E-state index in [2.05, 4.69) is 0 Å². The first-order chi connectivity index (χ1) is 8.13. The van der Waals surface area contributed by atoms with Crippen LogP contribution in [0.15, 0.2) is 29.6 Å². The first-order valence-corrected chi connectivity index (χ1v) is 6.44. The Morgan fingerprint density at radius 1 is 1.35 bits per heavy atom. The molecule has 0 saturated heterocycles. The van der Waals surface area contributed by atoms with Gasteiger partial charge in [-0.05, 0) is 41.6 Å². The maximum Gasteiger partial charge on any atom is 0.137 e. The summed E-state index contributed by atoms with van der Waals surface area (Å²) in [7, 11) is 1.56. The SMILES string of the molecule is COc1cc(C(O)c2sccc2C)ccc1Cl. The third-order valence-corrected chi connectivity index (χ3v) is 4.02. The zero-order chi connectivity index (χ0) is 12.4. The average Bonchev–Trinajstić information content (AvgIpc) is 2.75. The van der Waals surface area contributed by atoms with Crippen LogP contribution >= 0.6 is 22.9 Å². The predicted octanol–water partition coefficient (Wildman–Crippen LogP) is 3.80. The molecule has 0 aliphatic rings. The summed E-state index contributed by atoms with van der Waals surface area (Å²) in [6.45, 7) is 1.99. The van der Waals surface area contributed by atoms with E-state index in [9.17, 15) is 5.11 Å². The molecule has 2 nitrogen and oxygen atoms in total. The van der Waals surface area contributed by atoms with Gasteiger partial charge in [0.15, 0.2) is 0 Å². The normalized spacial score (nSPS) is 12.5. The van der Waals surface area contributed by atoms with E-state index < -0.39 is 6.10 Å². The molecule has 1 N–H and O–H groups in total. The Labute approximate surface area is 109 Å². The van der Waals surface area contributed by atoms with E-state index in [1.807, 2.05) is 24.4 Å². The number of rotatable bonds is 3. The summed E-state index contributed by atoms with van der Waals surface area (Å²) in [4.78, 5) is 0.953. The van der Waals surface area contributed by atoms with E-state index in [0.717, 1.165) is 16.0 Å². The molecule has 1 aromatic heterocycles. The van der Waals surface area contributed by atoms with Crippen LogP contribution in [0.3, 0.4) is 0 Å². The van der Waals surface area contributed by atoms with Gasteiger partial charge in [-0.2, -0.15) is 0 Å². The van der Waals surface area contributed by atoms with Crippen molar-refractivity contribution in [1.82, 2.24) is 0 Å². The van der Waals surface area contributed by atoms with Gasteiger partial charge < -0.3 is 9.84 Å². The Morgan fingerprint density at radius 3 is 2.71 bits per heavy atom. The number of aliphatic hydroxyl groups excluding tert-OH is 1. The van der Waals surface area contributed by atoms with Gasteiger partial charge in [0.1, 0.15) is 11.9 Å². The summed E-state index contributed by atoms with van der Waals surface area (Å²) in [6.07, 6.45) is -0.624. The Kier molecular flexibility index (Phi) is 3.72. The highest BCUT2D eigenvalue weighted by Gasteiger charge is 2.15. The minimum Gasteiger partial charge on any atom is -0.495 e. The van der Waals surface area contributed by atoms with E-state index in [0.29, 0.717) is 10.8 Å². The van der Waals surface area contributed by atoms with Crippen molar-refractivity contribution < 1.29 is 9.84 Å². The van der Waals surface area contributed by atoms with Crippen LogP contribution in [0, 0.1) is 6.92 Å². The van der Waals surface area contributed by atoms with Crippen LogP contribution in [0.4, 0.5) is 0 Å². The molecule has 1 atom stereocenters. The molecule has 2 rings (SSSR count). The summed E-state index contributed by atoms with van der Waals surface area (Å²) in [5.74, 6) is 0.581. The van der Waals surface area contributed by atoms with Crippen LogP contribution in [0.2, 0.25) is 5.02 Å². The summed E-state index contributed by atoms with van der Waals surface area (Å²) in [5.41, 5.74) is 1.88. The number of hydrogen-bond donors (Lipinski definition) is 1. The molecule has 2 aromatic rings. The number of halogens is 1. The summed E-state index contributed by atoms with van der Waals surface area (Å²) < 4.78 is 5.14. The average molecular weight is 269 g/mol. The number of thiophene rings is 1. The molecular formula is C13H13ClO2S. The Morgan fingerprint density at radius 2 is 2.12 bits per heavy atom. The van der Waals surface area contributed by atoms with Gasteiger partial charge in [0.2, 0.25) is 0 Å². The standard InChI is InChI=1S/C13H13ClO2S/c1-8-5-6-17-13(8)12(15)9-3-4-10(14)11(7-9)16-2/h3-7,12,15H,1-2H3. The lowest BCUT2D eigenvalue weighted by Gasteiger charge is -2.12. The quantitative estimate of drug-likeness (QED) is 0.917. The fourth-order valence-electron chi connectivity index (χ4n) is 1.66. The number of aliphatic hydroxyl groups is 1. The fraction of sp³-hybridized carbons (Fsp3) is 0.231. The van der Waals surface area contributed by atoms with Gasteiger partial charge >= 0.3 is 0 Å². The van der Waals surface area contributed by atoms with Crippen LogP contribution in [0.5, 0.6) is 5.75 Å². The van der Waals surface area contributed by atoms with E-state index in [1.54, 1.807) is 30.6 Å². The van der Waals surface area contributed by atoms with Gasteiger partial charge in [-0.1, -0.05) is 17.7 Å². The molecular weight excluding hydrogens is 256 g/mol. The molecule has 0 radical (unpaired) electrons. The molecule has 0 spiro atoms. The molecule has 0 fully saturated rings. The highest BCUT2D eigenvalue weighted by atomic mass is 35.5. The first-order valence-electron chi connectivity index (χ1n) is 5.19. The third-order valence-electron chi connectivity index (χ3n) is 2.64.